The summed E-state index contributed by atoms with van der Waals surface area (Å²) in [6, 6.07) is 9.94. The zero-order valence-electron chi connectivity index (χ0n) is 13.4. The maximum absolute atomic E-state index is 10.7. The zero-order valence-corrected chi connectivity index (χ0v) is 13.4. The van der Waals surface area contributed by atoms with Gasteiger partial charge in [-0.1, -0.05) is 30.3 Å². The highest BCUT2D eigenvalue weighted by atomic mass is 16.5. The summed E-state index contributed by atoms with van der Waals surface area (Å²) in [5, 5.41) is 19.4. The molecule has 128 valence electrons. The summed E-state index contributed by atoms with van der Waals surface area (Å²) in [7, 11) is 0. The number of benzene rings is 1. The summed E-state index contributed by atoms with van der Waals surface area (Å²) in [5.41, 5.74) is 1.10. The number of hydrogen-bond donors (Lipinski definition) is 2. The largest absolute Gasteiger partial charge is 0.465 e. The van der Waals surface area contributed by atoms with E-state index in [9.17, 15) is 4.79 Å². The lowest BCUT2D eigenvalue weighted by atomic mass is 9.86. The van der Waals surface area contributed by atoms with Crippen LogP contribution in [0, 0.1) is 0 Å². The van der Waals surface area contributed by atoms with Crippen molar-refractivity contribution in [3.8, 4) is 0 Å². The van der Waals surface area contributed by atoms with E-state index in [4.69, 9.17) is 14.3 Å². The Morgan fingerprint density at radius 2 is 1.92 bits per heavy atom. The summed E-state index contributed by atoms with van der Waals surface area (Å²) >= 11 is 0. The second-order valence-electron chi connectivity index (χ2n) is 6.01. The number of rotatable bonds is 6. The highest BCUT2D eigenvalue weighted by molar-refractivity contribution is 5.64. The number of nitrogens with zero attached hydrogens (tertiary/aromatic N) is 2. The molecule has 3 rings (SSSR count). The summed E-state index contributed by atoms with van der Waals surface area (Å²) < 4.78 is 11.3. The third kappa shape index (κ3) is 4.55. The van der Waals surface area contributed by atoms with Crippen LogP contribution in [0.5, 0.6) is 0 Å². The van der Waals surface area contributed by atoms with E-state index in [1.54, 1.807) is 0 Å². The first-order valence-corrected chi connectivity index (χ1v) is 8.14. The lowest BCUT2D eigenvalue weighted by Crippen LogP contribution is -2.36. The number of hydrogen-bond acceptors (Lipinski definition) is 5. The summed E-state index contributed by atoms with van der Waals surface area (Å²) in [6.45, 7) is 0.794. The second kappa shape index (κ2) is 7.92. The number of carboxylic acid groups (broad SMARTS) is 1. The first-order chi connectivity index (χ1) is 11.7. The fourth-order valence-electron chi connectivity index (χ4n) is 2.98. The molecule has 7 heteroatoms. The zero-order chi connectivity index (χ0) is 16.8. The number of aromatic nitrogens is 2. The summed E-state index contributed by atoms with van der Waals surface area (Å²) in [5.74, 6) is 1.31. The van der Waals surface area contributed by atoms with E-state index in [0.717, 1.165) is 31.2 Å². The van der Waals surface area contributed by atoms with Gasteiger partial charge < -0.3 is 19.6 Å². The van der Waals surface area contributed by atoms with Gasteiger partial charge in [-0.3, -0.25) is 0 Å². The average Bonchev–Trinajstić information content (AvgIpc) is 3.05. The molecule has 1 saturated carbocycles. The highest BCUT2D eigenvalue weighted by Gasteiger charge is 2.27. The molecule has 1 aliphatic rings. The molecule has 2 aromatic rings. The Balaban J connectivity index is 1.45. The molecule has 0 atom stereocenters. The lowest BCUT2D eigenvalue weighted by molar-refractivity contribution is 0.0879. The third-order valence-electron chi connectivity index (χ3n) is 4.22. The van der Waals surface area contributed by atoms with Crippen molar-refractivity contribution in [1.29, 1.82) is 0 Å². The van der Waals surface area contributed by atoms with Crippen LogP contribution in [0.4, 0.5) is 4.79 Å². The number of amides is 1. The van der Waals surface area contributed by atoms with Gasteiger partial charge in [0.05, 0.1) is 6.61 Å². The normalized spacial score (nSPS) is 20.7. The van der Waals surface area contributed by atoms with Gasteiger partial charge in [-0.2, -0.15) is 0 Å². The van der Waals surface area contributed by atoms with E-state index in [0.29, 0.717) is 18.4 Å². The highest BCUT2D eigenvalue weighted by Crippen LogP contribution is 2.32. The molecule has 1 aliphatic carbocycles. The van der Waals surface area contributed by atoms with Gasteiger partial charge in [0.1, 0.15) is 6.61 Å². The van der Waals surface area contributed by atoms with Crippen LogP contribution in [0.3, 0.4) is 0 Å². The first-order valence-electron chi connectivity index (χ1n) is 8.14. The fourth-order valence-corrected chi connectivity index (χ4v) is 2.98. The molecule has 0 radical (unpaired) electrons. The molecule has 1 amide bonds. The molecule has 24 heavy (non-hydrogen) atoms. The molecule has 0 bridgehead atoms. The van der Waals surface area contributed by atoms with Crippen molar-refractivity contribution < 1.29 is 19.1 Å². The van der Waals surface area contributed by atoms with Gasteiger partial charge in [0.25, 0.3) is 0 Å². The molecule has 0 unspecified atom stereocenters. The standard InChI is InChI=1S/C17H21N3O4/c21-17(22)18-14-8-6-13(7-9-14)16-20-19-15(24-16)11-23-10-12-4-2-1-3-5-12/h1-5,13-14,18H,6-11H2,(H,21,22)/t13-,14-. The Hall–Kier alpha value is -2.41. The number of carbonyl (C=O) groups is 1. The topological polar surface area (TPSA) is 97.5 Å². The molecule has 1 aromatic carbocycles. The quantitative estimate of drug-likeness (QED) is 0.844. The van der Waals surface area contributed by atoms with Crippen molar-refractivity contribution in [2.24, 2.45) is 0 Å². The molecule has 7 nitrogen and oxygen atoms in total. The molecule has 1 aromatic heterocycles. The average molecular weight is 331 g/mol. The molecular weight excluding hydrogens is 310 g/mol. The van der Waals surface area contributed by atoms with E-state index in [1.165, 1.54) is 0 Å². The van der Waals surface area contributed by atoms with E-state index in [1.807, 2.05) is 30.3 Å². The van der Waals surface area contributed by atoms with Crippen LogP contribution in [0.1, 0.15) is 48.9 Å². The fraction of sp³-hybridized carbons (Fsp3) is 0.471. The van der Waals surface area contributed by atoms with Gasteiger partial charge in [-0.15, -0.1) is 10.2 Å². The molecule has 2 N–H and O–H groups in total. The van der Waals surface area contributed by atoms with Crippen LogP contribution in [0.15, 0.2) is 34.7 Å². The van der Waals surface area contributed by atoms with Gasteiger partial charge in [0.2, 0.25) is 11.8 Å². The molecule has 0 aliphatic heterocycles. The van der Waals surface area contributed by atoms with E-state index >= 15 is 0 Å². The maximum atomic E-state index is 10.7. The smallest absolute Gasteiger partial charge is 0.404 e. The Kier molecular flexibility index (Phi) is 5.43. The van der Waals surface area contributed by atoms with Crippen LogP contribution in [-0.2, 0) is 18.0 Å². The van der Waals surface area contributed by atoms with Crippen LogP contribution in [-0.4, -0.2) is 27.4 Å². The van der Waals surface area contributed by atoms with Crippen molar-refractivity contribution in [3.05, 3.63) is 47.7 Å². The summed E-state index contributed by atoms with van der Waals surface area (Å²) in [4.78, 5) is 10.7. The van der Waals surface area contributed by atoms with Gasteiger partial charge >= 0.3 is 6.09 Å². The Labute approximate surface area is 140 Å². The van der Waals surface area contributed by atoms with Gasteiger partial charge in [-0.05, 0) is 31.2 Å². The lowest BCUT2D eigenvalue weighted by Gasteiger charge is -2.26. The van der Waals surface area contributed by atoms with Crippen molar-refractivity contribution in [3.63, 3.8) is 0 Å². The molecule has 1 fully saturated rings. The van der Waals surface area contributed by atoms with Crippen molar-refractivity contribution in [1.82, 2.24) is 15.5 Å². The van der Waals surface area contributed by atoms with E-state index in [-0.39, 0.29) is 18.6 Å². The van der Waals surface area contributed by atoms with Crippen LogP contribution in [0.25, 0.3) is 0 Å². The van der Waals surface area contributed by atoms with Crippen LogP contribution in [0.2, 0.25) is 0 Å². The minimum absolute atomic E-state index is 0.0235. The predicted molar refractivity (Wildman–Crippen MR) is 85.4 cm³/mol. The van der Waals surface area contributed by atoms with Crippen LogP contribution < -0.4 is 5.32 Å². The SMILES string of the molecule is O=C(O)N[C@H]1CC[C@H](c2nnc(COCc3ccccc3)o2)CC1. The minimum Gasteiger partial charge on any atom is -0.465 e. The number of ether oxygens (including phenoxy) is 1. The first kappa shape index (κ1) is 16.4. The Morgan fingerprint density at radius 3 is 2.62 bits per heavy atom. The third-order valence-corrected chi connectivity index (χ3v) is 4.22. The molecular formula is C17H21N3O4. The molecule has 0 saturated heterocycles. The van der Waals surface area contributed by atoms with Gasteiger partial charge in [-0.25, -0.2) is 4.79 Å². The van der Waals surface area contributed by atoms with Crippen molar-refractivity contribution in [2.45, 2.75) is 50.9 Å². The van der Waals surface area contributed by atoms with E-state index in [2.05, 4.69) is 15.5 Å². The molecule has 1 heterocycles. The van der Waals surface area contributed by atoms with Crippen molar-refractivity contribution >= 4 is 6.09 Å². The minimum atomic E-state index is -0.964. The van der Waals surface area contributed by atoms with Gasteiger partial charge in [0, 0.05) is 12.0 Å². The maximum Gasteiger partial charge on any atom is 0.404 e. The predicted octanol–water partition coefficient (Wildman–Crippen LogP) is 3.08. The molecule has 0 spiro atoms. The Morgan fingerprint density at radius 1 is 1.17 bits per heavy atom. The Bertz CT molecular complexity index is 651. The number of nitrogens with one attached hydrogen (secondary N) is 1. The van der Waals surface area contributed by atoms with Crippen molar-refractivity contribution in [2.75, 3.05) is 0 Å². The second-order valence-corrected chi connectivity index (χ2v) is 6.01. The van der Waals surface area contributed by atoms with Crippen LogP contribution >= 0.6 is 0 Å². The van der Waals surface area contributed by atoms with Gasteiger partial charge in [0.15, 0.2) is 0 Å². The summed E-state index contributed by atoms with van der Waals surface area (Å²) in [6.07, 6.45) is 2.31. The van der Waals surface area contributed by atoms with E-state index < -0.39 is 6.09 Å². The monoisotopic (exact) mass is 331 g/mol.